The van der Waals surface area contributed by atoms with Crippen molar-refractivity contribution in [2.24, 2.45) is 10.9 Å². The van der Waals surface area contributed by atoms with Crippen LogP contribution in [-0.4, -0.2) is 42.0 Å². The zero-order chi connectivity index (χ0) is 20.5. The Morgan fingerprint density at radius 3 is 2.68 bits per heavy atom. The Bertz CT molecular complexity index is 781. The monoisotopic (exact) mass is 451 g/mol. The summed E-state index contributed by atoms with van der Waals surface area (Å²) in [6, 6.07) is 4.81. The molecule has 0 bridgehead atoms. The van der Waals surface area contributed by atoms with Crippen LogP contribution in [0.2, 0.25) is 0 Å². The summed E-state index contributed by atoms with van der Waals surface area (Å²) in [5.74, 6) is 0.431. The van der Waals surface area contributed by atoms with Gasteiger partial charge in [-0.05, 0) is 44.0 Å². The minimum Gasteiger partial charge on any atom is -0.381 e. The summed E-state index contributed by atoms with van der Waals surface area (Å²) in [6.07, 6.45) is 4.98. The van der Waals surface area contributed by atoms with Gasteiger partial charge in [0.2, 0.25) is 5.78 Å². The first kappa shape index (κ1) is 22.4. The molecule has 1 fully saturated rings. The highest BCUT2D eigenvalue weighted by Crippen LogP contribution is 2.21. The van der Waals surface area contributed by atoms with E-state index < -0.39 is 0 Å². The molecular weight excluding hydrogens is 425 g/mol. The largest absolute Gasteiger partial charge is 0.381 e. The van der Waals surface area contributed by atoms with E-state index in [-0.39, 0.29) is 24.7 Å². The molecule has 2 heterocycles. The van der Waals surface area contributed by atoms with Gasteiger partial charge in [0.25, 0.3) is 0 Å². The molecule has 1 saturated heterocycles. The van der Waals surface area contributed by atoms with Gasteiger partial charge in [-0.15, -0.1) is 0 Å². The third kappa shape index (κ3) is 6.34. The van der Waals surface area contributed by atoms with Gasteiger partial charge in [0.1, 0.15) is 18.1 Å². The molecule has 0 amide bonds. The van der Waals surface area contributed by atoms with Crippen LogP contribution in [0.5, 0.6) is 0 Å². The highest BCUT2D eigenvalue weighted by Gasteiger charge is 2.16. The maximum absolute atomic E-state index is 13.8. The van der Waals surface area contributed by atoms with Crippen LogP contribution in [0.25, 0.3) is 0 Å². The molecule has 3 rings (SSSR count). The first-order valence-electron chi connectivity index (χ1n) is 9.48. The smallest absolute Gasteiger partial charge is 0.204 e. The number of aliphatic imine (C=N–C) groups is 1. The second-order valence-electron chi connectivity index (χ2n) is 6.85. The Morgan fingerprint density at radius 2 is 2.14 bits per heavy atom. The van der Waals surface area contributed by atoms with E-state index in [1.54, 1.807) is 23.0 Å². The molecule has 5 nitrogen and oxygen atoms in total. The fraction of sp³-hybridized carbons (Fsp3) is 0.476. The quantitative estimate of drug-likeness (QED) is 0.471. The summed E-state index contributed by atoms with van der Waals surface area (Å²) < 4.78 is 21.2. The Labute approximate surface area is 174 Å². The number of ether oxygens (including phenoxy) is 1. The van der Waals surface area contributed by atoms with Crippen LogP contribution in [0.4, 0.5) is 4.39 Å². The fourth-order valence-electron chi connectivity index (χ4n) is 2.87. The highest BCUT2D eigenvalue weighted by molar-refractivity contribution is 9.10. The number of aryl methyl sites for hydroxylation is 1. The van der Waals surface area contributed by atoms with Crippen LogP contribution in [0.15, 0.2) is 33.9 Å². The van der Waals surface area contributed by atoms with Crippen LogP contribution in [0.1, 0.15) is 48.3 Å². The molecule has 1 aromatic heterocycles. The molecule has 0 saturated carbocycles. The number of nitrogens with zero attached hydrogens (tertiary/aromatic N) is 3. The number of benzene rings is 1. The SMILES string of the molecule is C=NCC(=O)c1nn(Cc2c(F)cccc2Br)cc1CC.CC1CCOCC1. The highest BCUT2D eigenvalue weighted by atomic mass is 79.9. The van der Waals surface area contributed by atoms with Crippen LogP contribution in [0, 0.1) is 11.7 Å². The van der Waals surface area contributed by atoms with E-state index in [0.29, 0.717) is 22.2 Å². The standard InChI is InChI=1S/C15H15BrFN3O.C6H12O/c1-3-10-8-20(19-15(10)14(21)7-18-2)9-11-12(16)5-4-6-13(11)17;1-6-2-4-7-5-3-6/h4-6,8H,2-3,7,9H2,1H3;6H,2-5H2,1H3. The summed E-state index contributed by atoms with van der Waals surface area (Å²) >= 11 is 3.33. The molecule has 0 radical (unpaired) electrons. The average molecular weight is 452 g/mol. The van der Waals surface area contributed by atoms with Gasteiger partial charge in [-0.3, -0.25) is 14.5 Å². The molecule has 2 aromatic rings. The van der Waals surface area contributed by atoms with Gasteiger partial charge in [-0.1, -0.05) is 35.8 Å². The number of Topliss-reactive ketones (excluding diaryl/α,β-unsaturated/α-hetero) is 1. The lowest BCUT2D eigenvalue weighted by Gasteiger charge is -2.16. The second kappa shape index (κ2) is 11.2. The maximum atomic E-state index is 13.8. The second-order valence-corrected chi connectivity index (χ2v) is 7.71. The lowest BCUT2D eigenvalue weighted by Crippen LogP contribution is -2.12. The van der Waals surface area contributed by atoms with E-state index in [2.05, 4.69) is 39.7 Å². The van der Waals surface area contributed by atoms with Crippen LogP contribution in [0.3, 0.4) is 0 Å². The predicted octanol–water partition coefficient (Wildman–Crippen LogP) is 4.71. The van der Waals surface area contributed by atoms with Crippen molar-refractivity contribution in [3.05, 3.63) is 51.5 Å². The Hall–Kier alpha value is -1.86. The summed E-state index contributed by atoms with van der Waals surface area (Å²) in [7, 11) is 0. The van der Waals surface area contributed by atoms with E-state index >= 15 is 0 Å². The van der Waals surface area contributed by atoms with E-state index in [4.69, 9.17) is 4.74 Å². The van der Waals surface area contributed by atoms with Gasteiger partial charge in [0, 0.05) is 35.0 Å². The molecule has 28 heavy (non-hydrogen) atoms. The van der Waals surface area contributed by atoms with Gasteiger partial charge in [-0.2, -0.15) is 5.10 Å². The molecule has 1 aliphatic heterocycles. The number of aromatic nitrogens is 2. The number of carbonyl (C=O) groups is 1. The normalized spacial score (nSPS) is 14.3. The Morgan fingerprint density at radius 1 is 1.43 bits per heavy atom. The third-order valence-electron chi connectivity index (χ3n) is 4.63. The van der Waals surface area contributed by atoms with E-state index in [9.17, 15) is 9.18 Å². The lowest BCUT2D eigenvalue weighted by molar-refractivity contribution is 0.0716. The number of carbonyl (C=O) groups excluding carboxylic acids is 1. The van der Waals surface area contributed by atoms with Gasteiger partial charge in [0.05, 0.1) is 6.54 Å². The molecule has 0 spiro atoms. The number of ketones is 1. The average Bonchev–Trinajstić information content (AvgIpc) is 3.09. The molecule has 0 atom stereocenters. The maximum Gasteiger partial charge on any atom is 0.204 e. The van der Waals surface area contributed by atoms with Crippen molar-refractivity contribution < 1.29 is 13.9 Å². The van der Waals surface area contributed by atoms with E-state index in [1.165, 1.54) is 18.9 Å². The first-order valence-corrected chi connectivity index (χ1v) is 10.3. The summed E-state index contributed by atoms with van der Waals surface area (Å²) in [5, 5.41) is 4.27. The molecular formula is C21H27BrFN3O2. The molecule has 0 unspecified atom stereocenters. The van der Waals surface area contributed by atoms with Gasteiger partial charge >= 0.3 is 0 Å². The van der Waals surface area contributed by atoms with Gasteiger partial charge < -0.3 is 4.74 Å². The molecule has 1 aromatic carbocycles. The van der Waals surface area contributed by atoms with Crippen LogP contribution in [-0.2, 0) is 17.7 Å². The fourth-order valence-corrected chi connectivity index (χ4v) is 3.34. The van der Waals surface area contributed by atoms with Gasteiger partial charge in [0.15, 0.2) is 0 Å². The van der Waals surface area contributed by atoms with Crippen LogP contribution < -0.4 is 0 Å². The Balaban J connectivity index is 0.000000336. The van der Waals surface area contributed by atoms with Gasteiger partial charge in [-0.25, -0.2) is 4.39 Å². The molecule has 0 N–H and O–H groups in total. The first-order chi connectivity index (χ1) is 13.5. The van der Waals surface area contributed by atoms with E-state index in [1.807, 2.05) is 6.92 Å². The third-order valence-corrected chi connectivity index (χ3v) is 5.37. The van der Waals surface area contributed by atoms with Crippen molar-refractivity contribution in [2.45, 2.75) is 39.7 Å². The van der Waals surface area contributed by atoms with Crippen molar-refractivity contribution in [1.82, 2.24) is 9.78 Å². The summed E-state index contributed by atoms with van der Waals surface area (Å²) in [4.78, 5) is 15.5. The predicted molar refractivity (Wildman–Crippen MR) is 113 cm³/mol. The van der Waals surface area contributed by atoms with Crippen molar-refractivity contribution in [2.75, 3.05) is 19.8 Å². The van der Waals surface area contributed by atoms with E-state index in [0.717, 1.165) is 24.7 Å². The minimum atomic E-state index is -0.307. The lowest BCUT2D eigenvalue weighted by atomic mass is 10.0. The number of hydrogen-bond donors (Lipinski definition) is 0. The number of rotatable bonds is 6. The number of halogens is 2. The molecule has 152 valence electrons. The zero-order valence-electron chi connectivity index (χ0n) is 16.5. The summed E-state index contributed by atoms with van der Waals surface area (Å²) in [6.45, 7) is 9.78. The minimum absolute atomic E-state index is 0.00735. The van der Waals surface area contributed by atoms with Crippen LogP contribution >= 0.6 is 15.9 Å². The summed E-state index contributed by atoms with van der Waals surface area (Å²) in [5.41, 5.74) is 1.72. The Kier molecular flexibility index (Phi) is 8.99. The van der Waals surface area contributed by atoms with Crippen molar-refractivity contribution >= 4 is 28.4 Å². The zero-order valence-corrected chi connectivity index (χ0v) is 18.0. The molecule has 1 aliphatic rings. The number of hydrogen-bond acceptors (Lipinski definition) is 4. The van der Waals surface area contributed by atoms with Crippen molar-refractivity contribution in [1.29, 1.82) is 0 Å². The molecule has 7 heteroatoms. The van der Waals surface area contributed by atoms with Crippen molar-refractivity contribution in [3.8, 4) is 0 Å². The molecule has 0 aliphatic carbocycles. The van der Waals surface area contributed by atoms with Crippen molar-refractivity contribution in [3.63, 3.8) is 0 Å². The topological polar surface area (TPSA) is 56.5 Å².